The van der Waals surface area contributed by atoms with Gasteiger partial charge < -0.3 is 14.8 Å². The van der Waals surface area contributed by atoms with Crippen molar-refractivity contribution < 1.29 is 32.2 Å². The summed E-state index contributed by atoms with van der Waals surface area (Å²) in [5.41, 5.74) is 0.358. The Balaban J connectivity index is 1.65. The molecule has 0 spiro atoms. The highest BCUT2D eigenvalue weighted by Crippen LogP contribution is 2.37. The molecule has 3 rings (SSSR count). The Hall–Kier alpha value is -3.14. The van der Waals surface area contributed by atoms with Gasteiger partial charge in [0.05, 0.1) is 20.6 Å². The Morgan fingerprint density at radius 1 is 0.818 bits per heavy atom. The number of urea groups is 1. The van der Waals surface area contributed by atoms with Gasteiger partial charge in [-0.3, -0.25) is 10.1 Å². The summed E-state index contributed by atoms with van der Waals surface area (Å²) in [5, 5.41) is 4.65. The van der Waals surface area contributed by atoms with E-state index < -0.39 is 24.1 Å². The van der Waals surface area contributed by atoms with Crippen molar-refractivity contribution in [1.29, 1.82) is 0 Å². The first-order valence-electron chi connectivity index (χ1n) is 8.91. The molecule has 0 bridgehead atoms. The van der Waals surface area contributed by atoms with Gasteiger partial charge in [-0.2, -0.15) is 0 Å². The molecular formula is C21H12Cl3F3N2O4. The zero-order valence-electron chi connectivity index (χ0n) is 16.2. The fraction of sp³-hybridized carbons (Fsp3) is 0.0476. The van der Waals surface area contributed by atoms with Crippen LogP contribution in [0.15, 0.2) is 60.7 Å². The lowest BCUT2D eigenvalue weighted by molar-refractivity contribution is -0.274. The number of carbonyl (C=O) groups is 2. The van der Waals surface area contributed by atoms with Crippen LogP contribution in [0.1, 0.15) is 10.4 Å². The van der Waals surface area contributed by atoms with E-state index >= 15 is 0 Å². The second-order valence-corrected chi connectivity index (χ2v) is 7.50. The van der Waals surface area contributed by atoms with Gasteiger partial charge in [0, 0.05) is 11.8 Å². The number of benzene rings is 3. The average Bonchev–Trinajstić information content (AvgIpc) is 2.70. The molecule has 3 aromatic carbocycles. The quantitative estimate of drug-likeness (QED) is 0.371. The number of alkyl halides is 3. The van der Waals surface area contributed by atoms with Crippen LogP contribution in [0.2, 0.25) is 15.1 Å². The highest BCUT2D eigenvalue weighted by atomic mass is 35.5. The fourth-order valence-corrected chi connectivity index (χ4v) is 3.17. The van der Waals surface area contributed by atoms with Crippen molar-refractivity contribution in [3.8, 4) is 17.2 Å². The summed E-state index contributed by atoms with van der Waals surface area (Å²) in [6.45, 7) is 0. The first-order valence-corrected chi connectivity index (χ1v) is 10.0. The number of carbonyl (C=O) groups excluding carboxylic acids is 2. The Morgan fingerprint density at radius 3 is 2.06 bits per heavy atom. The molecule has 33 heavy (non-hydrogen) atoms. The summed E-state index contributed by atoms with van der Waals surface area (Å²) < 4.78 is 46.2. The zero-order chi connectivity index (χ0) is 24.2. The Labute approximate surface area is 200 Å². The number of hydrogen-bond acceptors (Lipinski definition) is 4. The Bertz CT molecular complexity index is 1210. The van der Waals surface area contributed by atoms with Crippen LogP contribution in [0, 0.1) is 0 Å². The van der Waals surface area contributed by atoms with Crippen LogP contribution in [0.4, 0.5) is 23.7 Å². The van der Waals surface area contributed by atoms with Crippen LogP contribution in [0.25, 0.3) is 0 Å². The molecule has 2 N–H and O–H groups in total. The van der Waals surface area contributed by atoms with Gasteiger partial charge in [0.25, 0.3) is 5.91 Å². The summed E-state index contributed by atoms with van der Waals surface area (Å²) >= 11 is 18.0. The number of amides is 3. The van der Waals surface area contributed by atoms with Gasteiger partial charge in [-0.1, -0.05) is 46.9 Å². The van der Waals surface area contributed by atoms with Crippen molar-refractivity contribution in [1.82, 2.24) is 5.32 Å². The smallest absolute Gasteiger partial charge is 0.454 e. The maximum atomic E-state index is 12.3. The van der Waals surface area contributed by atoms with Crippen LogP contribution in [0.5, 0.6) is 17.2 Å². The second kappa shape index (κ2) is 10.2. The van der Waals surface area contributed by atoms with Crippen LogP contribution in [0.3, 0.4) is 0 Å². The minimum atomic E-state index is -4.86. The van der Waals surface area contributed by atoms with Gasteiger partial charge in [-0.05, 0) is 42.5 Å². The molecule has 0 aliphatic heterocycles. The summed E-state index contributed by atoms with van der Waals surface area (Å²) in [6.07, 6.45) is -4.86. The molecular weight excluding hydrogens is 508 g/mol. The van der Waals surface area contributed by atoms with Crippen LogP contribution in [-0.2, 0) is 0 Å². The third-order valence-electron chi connectivity index (χ3n) is 3.89. The minimum absolute atomic E-state index is 0.0249. The standard InChI is InChI=1S/C21H12Cl3F3N2O4/c22-14-4-2-1-3-13(14)19(30)29-20(31)28-11-5-7-17(15(23)9-11)32-18-8-6-12(10-16(18)24)33-21(25,26)27/h1-10H,(H2,28,29,30,31). The number of hydrogen-bond donors (Lipinski definition) is 2. The number of halogens is 6. The molecule has 0 heterocycles. The van der Waals surface area contributed by atoms with Crippen molar-refractivity contribution in [2.45, 2.75) is 6.36 Å². The van der Waals surface area contributed by atoms with Crippen LogP contribution >= 0.6 is 34.8 Å². The number of rotatable bonds is 5. The van der Waals surface area contributed by atoms with E-state index in [0.717, 1.165) is 12.1 Å². The van der Waals surface area contributed by atoms with Crippen molar-refractivity contribution in [3.63, 3.8) is 0 Å². The van der Waals surface area contributed by atoms with Crippen molar-refractivity contribution in [2.24, 2.45) is 0 Å². The summed E-state index contributed by atoms with van der Waals surface area (Å²) in [7, 11) is 0. The van der Waals surface area contributed by atoms with Crippen LogP contribution < -0.4 is 20.1 Å². The minimum Gasteiger partial charge on any atom is -0.454 e. The molecule has 0 aromatic heterocycles. The molecule has 3 amide bonds. The highest BCUT2D eigenvalue weighted by molar-refractivity contribution is 6.34. The van der Waals surface area contributed by atoms with E-state index in [2.05, 4.69) is 15.4 Å². The first kappa shape index (κ1) is 24.5. The first-order chi connectivity index (χ1) is 15.5. The third kappa shape index (κ3) is 6.92. The molecule has 0 saturated carbocycles. The lowest BCUT2D eigenvalue weighted by Gasteiger charge is -2.13. The molecule has 0 aliphatic rings. The van der Waals surface area contributed by atoms with E-state index in [1.54, 1.807) is 12.1 Å². The molecule has 0 radical (unpaired) electrons. The topological polar surface area (TPSA) is 76.7 Å². The van der Waals surface area contributed by atoms with Gasteiger partial charge in [0.1, 0.15) is 17.2 Å². The normalized spacial score (nSPS) is 11.0. The Kier molecular flexibility index (Phi) is 7.57. The predicted octanol–water partition coefficient (Wildman–Crippen LogP) is 7.30. The van der Waals surface area contributed by atoms with Crippen molar-refractivity contribution in [2.75, 3.05) is 5.32 Å². The fourth-order valence-electron chi connectivity index (χ4n) is 2.52. The molecule has 0 fully saturated rings. The molecule has 0 atom stereocenters. The average molecular weight is 520 g/mol. The number of ether oxygens (including phenoxy) is 2. The van der Waals surface area contributed by atoms with Crippen LogP contribution in [-0.4, -0.2) is 18.3 Å². The van der Waals surface area contributed by atoms with Gasteiger partial charge in [0.15, 0.2) is 0 Å². The predicted molar refractivity (Wildman–Crippen MR) is 118 cm³/mol. The van der Waals surface area contributed by atoms with E-state index in [1.807, 2.05) is 0 Å². The van der Waals surface area contributed by atoms with Crippen molar-refractivity contribution in [3.05, 3.63) is 81.3 Å². The van der Waals surface area contributed by atoms with Crippen molar-refractivity contribution >= 4 is 52.4 Å². The Morgan fingerprint density at radius 2 is 1.45 bits per heavy atom. The largest absolute Gasteiger partial charge is 0.573 e. The summed E-state index contributed by atoms with van der Waals surface area (Å²) in [4.78, 5) is 24.2. The molecule has 6 nitrogen and oxygen atoms in total. The van der Waals surface area contributed by atoms with E-state index in [4.69, 9.17) is 39.5 Å². The monoisotopic (exact) mass is 518 g/mol. The SMILES string of the molecule is O=C(NC(=O)c1ccccc1Cl)Nc1ccc(Oc2ccc(OC(F)(F)F)cc2Cl)c(Cl)c1. The maximum absolute atomic E-state index is 12.3. The number of anilines is 1. The lowest BCUT2D eigenvalue weighted by atomic mass is 10.2. The van der Waals surface area contributed by atoms with E-state index in [1.165, 1.54) is 36.4 Å². The van der Waals surface area contributed by atoms with E-state index in [9.17, 15) is 22.8 Å². The van der Waals surface area contributed by atoms with Gasteiger partial charge in [-0.15, -0.1) is 13.2 Å². The van der Waals surface area contributed by atoms with Gasteiger partial charge >= 0.3 is 12.4 Å². The summed E-state index contributed by atoms with van der Waals surface area (Å²) in [6, 6.07) is 12.7. The molecule has 0 aliphatic carbocycles. The van der Waals surface area contributed by atoms with Gasteiger partial charge in [-0.25, -0.2) is 4.79 Å². The molecule has 12 heteroatoms. The second-order valence-electron chi connectivity index (χ2n) is 6.28. The number of nitrogens with one attached hydrogen (secondary N) is 2. The third-order valence-corrected chi connectivity index (χ3v) is 4.81. The van der Waals surface area contributed by atoms with Gasteiger partial charge in [0.2, 0.25) is 0 Å². The number of imide groups is 1. The molecule has 172 valence electrons. The highest BCUT2D eigenvalue weighted by Gasteiger charge is 2.31. The molecule has 0 saturated heterocycles. The molecule has 0 unspecified atom stereocenters. The molecule has 3 aromatic rings. The van der Waals surface area contributed by atoms with E-state index in [-0.39, 0.29) is 37.8 Å². The summed E-state index contributed by atoms with van der Waals surface area (Å²) in [5.74, 6) is -1.07. The van der Waals surface area contributed by atoms with E-state index in [0.29, 0.717) is 0 Å². The zero-order valence-corrected chi connectivity index (χ0v) is 18.4. The maximum Gasteiger partial charge on any atom is 0.573 e. The lowest BCUT2D eigenvalue weighted by Crippen LogP contribution is -2.34.